The van der Waals surface area contributed by atoms with Crippen LogP contribution in [0.1, 0.15) is 19.0 Å². The fraction of sp³-hybridized carbons (Fsp3) is 0.286. The third-order valence-electron chi connectivity index (χ3n) is 2.89. The second-order valence-electron chi connectivity index (χ2n) is 4.39. The van der Waals surface area contributed by atoms with Crippen LogP contribution < -0.4 is 15.8 Å². The van der Waals surface area contributed by atoms with Gasteiger partial charge in [-0.2, -0.15) is 4.99 Å². The summed E-state index contributed by atoms with van der Waals surface area (Å²) < 4.78 is 5.17. The van der Waals surface area contributed by atoms with Crippen molar-refractivity contribution in [1.82, 2.24) is 15.3 Å². The first-order valence-corrected chi connectivity index (χ1v) is 6.50. The summed E-state index contributed by atoms with van der Waals surface area (Å²) >= 11 is 0. The average Bonchev–Trinajstić information content (AvgIpc) is 2.46. The van der Waals surface area contributed by atoms with E-state index in [1.165, 1.54) is 0 Å². The van der Waals surface area contributed by atoms with E-state index in [9.17, 15) is 4.79 Å². The summed E-state index contributed by atoms with van der Waals surface area (Å²) in [4.78, 5) is 23.8. The maximum absolute atomic E-state index is 11.2. The monoisotopic (exact) mass is 287 g/mol. The third-order valence-corrected chi connectivity index (χ3v) is 2.89. The predicted molar refractivity (Wildman–Crippen MR) is 80.5 cm³/mol. The van der Waals surface area contributed by atoms with Crippen LogP contribution in [0.2, 0.25) is 0 Å². The van der Waals surface area contributed by atoms with Gasteiger partial charge in [0, 0.05) is 17.9 Å². The number of rotatable bonds is 3. The zero-order valence-electron chi connectivity index (χ0n) is 12.2. The molecule has 3 N–H and O–H groups in total. The Labute approximate surface area is 122 Å². The first-order valence-electron chi connectivity index (χ1n) is 6.50. The van der Waals surface area contributed by atoms with Crippen molar-refractivity contribution in [3.8, 4) is 5.75 Å². The van der Waals surface area contributed by atoms with E-state index in [0.29, 0.717) is 17.7 Å². The van der Waals surface area contributed by atoms with E-state index >= 15 is 0 Å². The summed E-state index contributed by atoms with van der Waals surface area (Å²) in [7, 11) is 1.59. The molecule has 0 radical (unpaired) electrons. The molecule has 0 saturated carbocycles. The number of carbonyl (C=O) groups excluding carboxylic acids is 1. The van der Waals surface area contributed by atoms with Crippen molar-refractivity contribution in [2.45, 2.75) is 20.3 Å². The Balaban J connectivity index is 2.41. The van der Waals surface area contributed by atoms with Gasteiger partial charge in [0.1, 0.15) is 5.75 Å². The number of aliphatic imine (C=N–C) groups is 1. The molecule has 110 valence electrons. The molecule has 0 unspecified atom stereocenters. The number of aromatic nitrogens is 2. The van der Waals surface area contributed by atoms with Crippen molar-refractivity contribution < 1.29 is 9.53 Å². The van der Waals surface area contributed by atoms with Crippen molar-refractivity contribution in [2.24, 2.45) is 10.7 Å². The van der Waals surface area contributed by atoms with Crippen LogP contribution in [0, 0.1) is 6.92 Å². The quantitative estimate of drug-likeness (QED) is 0.656. The molecular formula is C14H17N5O2. The molecule has 7 nitrogen and oxygen atoms in total. The Bertz CT molecular complexity index is 712. The molecule has 0 aliphatic carbocycles. The van der Waals surface area contributed by atoms with Crippen LogP contribution in [0.4, 0.5) is 5.95 Å². The molecule has 1 aromatic carbocycles. The largest absolute Gasteiger partial charge is 0.497 e. The number of benzene rings is 1. The molecule has 0 saturated heterocycles. The number of nitrogens with zero attached hydrogens (tertiary/aromatic N) is 3. The summed E-state index contributed by atoms with van der Waals surface area (Å²) in [5.41, 5.74) is 7.12. The lowest BCUT2D eigenvalue weighted by Crippen LogP contribution is -2.36. The second-order valence-corrected chi connectivity index (χ2v) is 4.39. The van der Waals surface area contributed by atoms with Gasteiger partial charge in [0.15, 0.2) is 0 Å². The summed E-state index contributed by atoms with van der Waals surface area (Å²) in [6.45, 7) is 3.59. The maximum atomic E-state index is 11.2. The van der Waals surface area contributed by atoms with E-state index in [-0.39, 0.29) is 17.8 Å². The Morgan fingerprint density at radius 1 is 1.43 bits per heavy atom. The molecule has 0 fully saturated rings. The predicted octanol–water partition coefficient (Wildman–Crippen LogP) is 1.42. The molecule has 1 aromatic heterocycles. The number of methoxy groups -OCH3 is 1. The van der Waals surface area contributed by atoms with Crippen LogP contribution in [0.15, 0.2) is 23.2 Å². The fourth-order valence-corrected chi connectivity index (χ4v) is 1.80. The number of aryl methyl sites for hydroxylation is 1. The van der Waals surface area contributed by atoms with Crippen molar-refractivity contribution in [3.05, 3.63) is 23.9 Å². The van der Waals surface area contributed by atoms with Gasteiger partial charge >= 0.3 is 0 Å². The number of nitrogens with two attached hydrogens (primary N) is 1. The standard InChI is InChI=1S/C14H17N5O2/c1-4-12(20)18-13(15)19-14-16-8(2)10-6-5-9(21-3)7-11(10)17-14/h5-7H,4H2,1-3H3,(H3,15,16,17,18,19,20). The second kappa shape index (κ2) is 6.17. The highest BCUT2D eigenvalue weighted by Gasteiger charge is 2.07. The van der Waals surface area contributed by atoms with E-state index in [4.69, 9.17) is 10.5 Å². The molecular weight excluding hydrogens is 270 g/mol. The van der Waals surface area contributed by atoms with Crippen LogP contribution in [0.3, 0.4) is 0 Å². The highest BCUT2D eigenvalue weighted by molar-refractivity contribution is 5.96. The van der Waals surface area contributed by atoms with Crippen molar-refractivity contribution in [2.75, 3.05) is 7.11 Å². The van der Waals surface area contributed by atoms with E-state index in [2.05, 4.69) is 20.3 Å². The normalized spacial score (nSPS) is 11.5. The molecule has 2 rings (SSSR count). The number of fused-ring (bicyclic) bond motifs is 1. The summed E-state index contributed by atoms with van der Waals surface area (Å²) in [5.74, 6) is 0.656. The Kier molecular flexibility index (Phi) is 4.32. The first-order chi connectivity index (χ1) is 10.0. The summed E-state index contributed by atoms with van der Waals surface area (Å²) in [6, 6.07) is 5.53. The molecule has 0 atom stereocenters. The fourth-order valence-electron chi connectivity index (χ4n) is 1.80. The van der Waals surface area contributed by atoms with Gasteiger partial charge in [-0.15, -0.1) is 0 Å². The maximum Gasteiger partial charge on any atom is 0.253 e. The number of guanidine groups is 1. The van der Waals surface area contributed by atoms with Gasteiger partial charge in [-0.25, -0.2) is 9.97 Å². The zero-order chi connectivity index (χ0) is 15.4. The minimum absolute atomic E-state index is 0.0245. The topological polar surface area (TPSA) is 102 Å². The number of hydrogen-bond donors (Lipinski definition) is 2. The van der Waals surface area contributed by atoms with Crippen LogP contribution in [-0.2, 0) is 4.79 Å². The van der Waals surface area contributed by atoms with Gasteiger partial charge in [0.05, 0.1) is 18.3 Å². The van der Waals surface area contributed by atoms with Crippen molar-refractivity contribution in [3.63, 3.8) is 0 Å². The Morgan fingerprint density at radius 3 is 2.86 bits per heavy atom. The van der Waals surface area contributed by atoms with Crippen LogP contribution in [0.5, 0.6) is 5.75 Å². The minimum Gasteiger partial charge on any atom is -0.497 e. The number of amides is 1. The van der Waals surface area contributed by atoms with Gasteiger partial charge in [-0.1, -0.05) is 6.92 Å². The first kappa shape index (κ1) is 14.7. The Hall–Kier alpha value is -2.70. The molecule has 7 heteroatoms. The van der Waals surface area contributed by atoms with Crippen molar-refractivity contribution in [1.29, 1.82) is 0 Å². The van der Waals surface area contributed by atoms with Gasteiger partial charge in [0.2, 0.25) is 11.9 Å². The zero-order valence-corrected chi connectivity index (χ0v) is 12.2. The smallest absolute Gasteiger partial charge is 0.253 e. The molecule has 2 aromatic rings. The molecule has 0 aliphatic rings. The van der Waals surface area contributed by atoms with Gasteiger partial charge in [0.25, 0.3) is 5.95 Å². The van der Waals surface area contributed by atoms with Gasteiger partial charge in [-0.05, 0) is 19.1 Å². The number of nitrogens with one attached hydrogen (secondary N) is 1. The molecule has 21 heavy (non-hydrogen) atoms. The van der Waals surface area contributed by atoms with E-state index in [1.807, 2.05) is 19.1 Å². The molecule has 1 amide bonds. The third kappa shape index (κ3) is 3.44. The molecule has 0 aliphatic heterocycles. The lowest BCUT2D eigenvalue weighted by Gasteiger charge is -2.06. The number of hydrogen-bond acceptors (Lipinski definition) is 5. The lowest BCUT2D eigenvalue weighted by atomic mass is 10.2. The van der Waals surface area contributed by atoms with Crippen LogP contribution >= 0.6 is 0 Å². The minimum atomic E-state index is -0.213. The SMILES string of the molecule is CCC(=O)N/C(N)=N\c1nc(C)c2ccc(OC)cc2n1. The molecule has 0 bridgehead atoms. The van der Waals surface area contributed by atoms with Gasteiger partial charge < -0.3 is 10.5 Å². The van der Waals surface area contributed by atoms with Crippen LogP contribution in [0.25, 0.3) is 10.9 Å². The highest BCUT2D eigenvalue weighted by atomic mass is 16.5. The van der Waals surface area contributed by atoms with Gasteiger partial charge in [-0.3, -0.25) is 10.1 Å². The lowest BCUT2D eigenvalue weighted by molar-refractivity contribution is -0.119. The Morgan fingerprint density at radius 2 is 2.19 bits per heavy atom. The highest BCUT2D eigenvalue weighted by Crippen LogP contribution is 2.22. The molecule has 0 spiro atoms. The van der Waals surface area contributed by atoms with E-state index in [1.54, 1.807) is 20.1 Å². The average molecular weight is 287 g/mol. The van der Waals surface area contributed by atoms with Crippen molar-refractivity contribution >= 4 is 28.7 Å². The molecule has 1 heterocycles. The number of ether oxygens (including phenoxy) is 1. The van der Waals surface area contributed by atoms with E-state index < -0.39 is 0 Å². The van der Waals surface area contributed by atoms with E-state index in [0.717, 1.165) is 11.1 Å². The van der Waals surface area contributed by atoms with Crippen LogP contribution in [-0.4, -0.2) is 28.9 Å². The summed E-state index contributed by atoms with van der Waals surface area (Å²) in [6.07, 6.45) is 0.324. The number of carbonyl (C=O) groups is 1. The summed E-state index contributed by atoms with van der Waals surface area (Å²) in [5, 5.41) is 3.36.